The number of carbonyl (C=O) groups excluding carboxylic acids is 1. The maximum absolute atomic E-state index is 12.9. The summed E-state index contributed by atoms with van der Waals surface area (Å²) in [6.07, 6.45) is 0.652. The first kappa shape index (κ1) is 17.6. The molecule has 7 heteroatoms. The van der Waals surface area contributed by atoms with Crippen LogP contribution in [0.15, 0.2) is 41.8 Å². The smallest absolute Gasteiger partial charge is 0.229 e. The first-order valence-corrected chi connectivity index (χ1v) is 9.65. The number of methoxy groups -OCH3 is 1. The van der Waals surface area contributed by atoms with Gasteiger partial charge >= 0.3 is 0 Å². The lowest BCUT2D eigenvalue weighted by molar-refractivity contribution is -0.136. The molecule has 3 aromatic rings. The van der Waals surface area contributed by atoms with Crippen LogP contribution in [0.25, 0.3) is 10.6 Å². The van der Waals surface area contributed by atoms with Crippen molar-refractivity contribution >= 4 is 17.2 Å². The van der Waals surface area contributed by atoms with E-state index in [4.69, 9.17) is 9.47 Å². The molecule has 1 amide bonds. The van der Waals surface area contributed by atoms with Crippen LogP contribution in [0.1, 0.15) is 11.3 Å². The summed E-state index contributed by atoms with van der Waals surface area (Å²) in [5.74, 6) is 1.33. The van der Waals surface area contributed by atoms with Crippen LogP contribution in [0.3, 0.4) is 0 Å². The van der Waals surface area contributed by atoms with Crippen molar-refractivity contribution < 1.29 is 14.3 Å². The molecule has 6 nitrogen and oxygen atoms in total. The SMILES string of the molecule is COc1cccc2c1OCC(C(=O)N(C)Cc1cc(-c3cccs3)n[nH]1)C2. The van der Waals surface area contributed by atoms with E-state index in [1.54, 1.807) is 23.3 Å². The van der Waals surface area contributed by atoms with E-state index in [-0.39, 0.29) is 11.8 Å². The highest BCUT2D eigenvalue weighted by atomic mass is 32.1. The van der Waals surface area contributed by atoms with Crippen molar-refractivity contribution in [1.82, 2.24) is 15.1 Å². The van der Waals surface area contributed by atoms with Crippen molar-refractivity contribution in [3.05, 3.63) is 53.0 Å². The quantitative estimate of drug-likeness (QED) is 0.734. The first-order valence-electron chi connectivity index (χ1n) is 8.77. The van der Waals surface area contributed by atoms with E-state index in [0.717, 1.165) is 27.6 Å². The van der Waals surface area contributed by atoms with Gasteiger partial charge in [-0.3, -0.25) is 9.89 Å². The van der Waals surface area contributed by atoms with Crippen molar-refractivity contribution in [2.24, 2.45) is 5.92 Å². The number of benzene rings is 1. The summed E-state index contributed by atoms with van der Waals surface area (Å²) >= 11 is 1.64. The fourth-order valence-corrected chi connectivity index (χ4v) is 4.04. The highest BCUT2D eigenvalue weighted by Gasteiger charge is 2.30. The number of amides is 1. The first-order chi connectivity index (χ1) is 13.2. The van der Waals surface area contributed by atoms with Crippen molar-refractivity contribution in [3.8, 4) is 22.1 Å². The molecule has 1 N–H and O–H groups in total. The van der Waals surface area contributed by atoms with Gasteiger partial charge in [0, 0.05) is 7.05 Å². The summed E-state index contributed by atoms with van der Waals surface area (Å²) in [5, 5.41) is 9.39. The Morgan fingerprint density at radius 3 is 3.07 bits per heavy atom. The fourth-order valence-electron chi connectivity index (χ4n) is 3.35. The summed E-state index contributed by atoms with van der Waals surface area (Å²) in [5.41, 5.74) is 2.82. The predicted octanol–water partition coefficient (Wildman–Crippen LogP) is 3.36. The molecule has 0 spiro atoms. The molecule has 0 fully saturated rings. The Morgan fingerprint density at radius 1 is 1.41 bits per heavy atom. The Morgan fingerprint density at radius 2 is 2.30 bits per heavy atom. The Hall–Kier alpha value is -2.80. The van der Waals surface area contributed by atoms with Gasteiger partial charge in [-0.05, 0) is 35.6 Å². The van der Waals surface area contributed by atoms with Gasteiger partial charge in [0.15, 0.2) is 11.5 Å². The monoisotopic (exact) mass is 383 g/mol. The van der Waals surface area contributed by atoms with E-state index in [1.807, 2.05) is 48.8 Å². The van der Waals surface area contributed by atoms with Gasteiger partial charge in [-0.15, -0.1) is 11.3 Å². The zero-order valence-corrected chi connectivity index (χ0v) is 16.1. The largest absolute Gasteiger partial charge is 0.493 e. The molecule has 2 aromatic heterocycles. The van der Waals surface area contributed by atoms with Crippen molar-refractivity contribution in [3.63, 3.8) is 0 Å². The topological polar surface area (TPSA) is 67.5 Å². The maximum atomic E-state index is 12.9. The van der Waals surface area contributed by atoms with Crippen molar-refractivity contribution in [2.45, 2.75) is 13.0 Å². The van der Waals surface area contributed by atoms with E-state index in [2.05, 4.69) is 10.2 Å². The van der Waals surface area contributed by atoms with Crippen LogP contribution in [0, 0.1) is 5.92 Å². The molecule has 1 atom stereocenters. The Bertz CT molecular complexity index is 936. The second-order valence-corrected chi connectivity index (χ2v) is 7.56. The molecule has 140 valence electrons. The van der Waals surface area contributed by atoms with Crippen LogP contribution < -0.4 is 9.47 Å². The second-order valence-electron chi connectivity index (χ2n) is 6.61. The number of rotatable bonds is 5. The minimum absolute atomic E-state index is 0.0655. The number of aromatic amines is 1. The molecule has 1 aliphatic rings. The number of fused-ring (bicyclic) bond motifs is 1. The van der Waals surface area contributed by atoms with Gasteiger partial charge < -0.3 is 14.4 Å². The minimum atomic E-state index is -0.200. The summed E-state index contributed by atoms with van der Waals surface area (Å²) in [6, 6.07) is 11.8. The number of hydrogen-bond acceptors (Lipinski definition) is 5. The van der Waals surface area contributed by atoms with Crippen LogP contribution in [0.2, 0.25) is 0 Å². The van der Waals surface area contributed by atoms with Gasteiger partial charge in [0.2, 0.25) is 5.91 Å². The molecule has 27 heavy (non-hydrogen) atoms. The van der Waals surface area contributed by atoms with Gasteiger partial charge in [0.05, 0.1) is 30.1 Å². The third kappa shape index (κ3) is 3.55. The van der Waals surface area contributed by atoms with Gasteiger partial charge in [0.25, 0.3) is 0 Å². The maximum Gasteiger partial charge on any atom is 0.229 e. The van der Waals surface area contributed by atoms with E-state index in [9.17, 15) is 4.79 Å². The third-order valence-corrected chi connectivity index (χ3v) is 5.61. The van der Waals surface area contributed by atoms with E-state index < -0.39 is 0 Å². The Balaban J connectivity index is 1.42. The van der Waals surface area contributed by atoms with Crippen LogP contribution in [-0.2, 0) is 17.8 Å². The zero-order valence-electron chi connectivity index (χ0n) is 15.3. The number of para-hydroxylation sites is 1. The van der Waals surface area contributed by atoms with Gasteiger partial charge in [0.1, 0.15) is 12.3 Å². The average molecular weight is 383 g/mol. The lowest BCUT2D eigenvalue weighted by Crippen LogP contribution is -2.38. The number of thiophene rings is 1. The summed E-state index contributed by atoms with van der Waals surface area (Å²) in [7, 11) is 3.44. The molecule has 1 aliphatic heterocycles. The molecule has 0 radical (unpaired) electrons. The number of H-pyrrole nitrogens is 1. The molecule has 4 rings (SSSR count). The average Bonchev–Trinajstić information content (AvgIpc) is 3.38. The summed E-state index contributed by atoms with van der Waals surface area (Å²) in [4.78, 5) is 15.7. The summed E-state index contributed by atoms with van der Waals surface area (Å²) in [6.45, 7) is 0.846. The van der Waals surface area contributed by atoms with Crippen molar-refractivity contribution in [2.75, 3.05) is 20.8 Å². The highest BCUT2D eigenvalue weighted by molar-refractivity contribution is 7.13. The van der Waals surface area contributed by atoms with E-state index >= 15 is 0 Å². The molecule has 1 unspecified atom stereocenters. The van der Waals surface area contributed by atoms with Crippen LogP contribution in [0.5, 0.6) is 11.5 Å². The predicted molar refractivity (Wildman–Crippen MR) is 104 cm³/mol. The second kappa shape index (κ2) is 7.44. The molecule has 0 bridgehead atoms. The molecular formula is C20H21N3O3S. The number of ether oxygens (including phenoxy) is 2. The molecule has 1 aromatic carbocycles. The molecule has 0 saturated carbocycles. The number of hydrogen-bond donors (Lipinski definition) is 1. The Labute approximate surface area is 161 Å². The normalized spacial score (nSPS) is 15.7. The number of nitrogens with one attached hydrogen (secondary N) is 1. The van der Waals surface area contributed by atoms with Gasteiger partial charge in [-0.1, -0.05) is 18.2 Å². The third-order valence-electron chi connectivity index (χ3n) is 4.71. The highest BCUT2D eigenvalue weighted by Crippen LogP contribution is 2.36. The minimum Gasteiger partial charge on any atom is -0.493 e. The number of aromatic nitrogens is 2. The van der Waals surface area contributed by atoms with E-state index in [1.165, 1.54) is 0 Å². The van der Waals surface area contributed by atoms with Crippen LogP contribution >= 0.6 is 11.3 Å². The van der Waals surface area contributed by atoms with Crippen molar-refractivity contribution in [1.29, 1.82) is 0 Å². The standard InChI is InChI=1S/C20H21N3O3S/c1-23(11-15-10-16(22-21-15)18-7-4-8-27-18)20(24)14-9-13-5-3-6-17(25-2)19(13)26-12-14/h3-8,10,14H,9,11-12H2,1-2H3,(H,21,22). The van der Waals surface area contributed by atoms with Crippen LogP contribution in [-0.4, -0.2) is 41.8 Å². The molecule has 3 heterocycles. The van der Waals surface area contributed by atoms with Crippen LogP contribution in [0.4, 0.5) is 0 Å². The number of nitrogens with zero attached hydrogens (tertiary/aromatic N) is 2. The fraction of sp³-hybridized carbons (Fsp3) is 0.300. The number of carbonyl (C=O) groups is 1. The zero-order chi connectivity index (χ0) is 18.8. The summed E-state index contributed by atoms with van der Waals surface area (Å²) < 4.78 is 11.2. The van der Waals surface area contributed by atoms with E-state index in [0.29, 0.717) is 25.3 Å². The lowest BCUT2D eigenvalue weighted by Gasteiger charge is -2.28. The Kier molecular flexibility index (Phi) is 4.85. The molecule has 0 saturated heterocycles. The molecule has 0 aliphatic carbocycles. The molecular weight excluding hydrogens is 362 g/mol. The van der Waals surface area contributed by atoms with Gasteiger partial charge in [-0.25, -0.2) is 0 Å². The van der Waals surface area contributed by atoms with Gasteiger partial charge in [-0.2, -0.15) is 5.10 Å². The lowest BCUT2D eigenvalue weighted by atomic mass is 9.95.